The molecule has 0 saturated carbocycles. The highest BCUT2D eigenvalue weighted by atomic mass is 14.6. The van der Waals surface area contributed by atoms with Crippen LogP contribution in [0.1, 0.15) is 11.1 Å². The number of rotatable bonds is 1. The first-order valence-electron chi connectivity index (χ1n) is 4.72. The van der Waals surface area contributed by atoms with Gasteiger partial charge in [0.15, 0.2) is 0 Å². The van der Waals surface area contributed by atoms with Crippen LogP contribution in [0.15, 0.2) is 42.7 Å². The van der Waals surface area contributed by atoms with Crippen molar-refractivity contribution in [2.24, 2.45) is 0 Å². The third kappa shape index (κ3) is 1.87. The number of hydrogen-bond donors (Lipinski definition) is 0. The zero-order valence-electron chi connectivity index (χ0n) is 8.44. The summed E-state index contributed by atoms with van der Waals surface area (Å²) in [7, 11) is 0. The van der Waals surface area contributed by atoms with Crippen LogP contribution in [0.3, 0.4) is 0 Å². The Balaban J connectivity index is 2.58. The van der Waals surface area contributed by atoms with Gasteiger partial charge in [-0.1, -0.05) is 6.07 Å². The molecule has 0 aliphatic heterocycles. The Morgan fingerprint density at radius 2 is 1.87 bits per heavy atom. The second-order valence-electron chi connectivity index (χ2n) is 3.38. The van der Waals surface area contributed by atoms with Gasteiger partial charge in [-0.15, -0.1) is 0 Å². The zero-order valence-corrected chi connectivity index (χ0v) is 8.44. The van der Waals surface area contributed by atoms with Crippen molar-refractivity contribution in [3.8, 4) is 17.2 Å². The molecule has 0 spiro atoms. The van der Waals surface area contributed by atoms with E-state index < -0.39 is 0 Å². The van der Waals surface area contributed by atoms with Gasteiger partial charge in [-0.2, -0.15) is 5.26 Å². The molecule has 0 fully saturated rings. The molecule has 0 amide bonds. The maximum atomic E-state index is 8.84. The maximum Gasteiger partial charge on any atom is 0.0991 e. The van der Waals surface area contributed by atoms with Gasteiger partial charge >= 0.3 is 0 Å². The predicted molar refractivity (Wildman–Crippen MR) is 59.1 cm³/mol. The molecule has 1 heterocycles. The number of aryl methyl sites for hydroxylation is 1. The van der Waals surface area contributed by atoms with Gasteiger partial charge in [0.05, 0.1) is 11.6 Å². The summed E-state index contributed by atoms with van der Waals surface area (Å²) >= 11 is 0. The molecule has 0 aliphatic rings. The predicted octanol–water partition coefficient (Wildman–Crippen LogP) is 2.93. The topological polar surface area (TPSA) is 36.7 Å². The quantitative estimate of drug-likeness (QED) is 0.699. The van der Waals surface area contributed by atoms with Crippen LogP contribution in [0, 0.1) is 18.3 Å². The van der Waals surface area contributed by atoms with E-state index in [1.807, 2.05) is 37.3 Å². The van der Waals surface area contributed by atoms with Gasteiger partial charge < -0.3 is 0 Å². The van der Waals surface area contributed by atoms with E-state index in [4.69, 9.17) is 5.26 Å². The van der Waals surface area contributed by atoms with Crippen molar-refractivity contribution in [1.82, 2.24) is 4.98 Å². The van der Waals surface area contributed by atoms with E-state index in [1.165, 1.54) is 5.56 Å². The van der Waals surface area contributed by atoms with Crippen LogP contribution in [0.5, 0.6) is 0 Å². The Morgan fingerprint density at radius 1 is 1.13 bits per heavy atom. The van der Waals surface area contributed by atoms with E-state index in [9.17, 15) is 0 Å². The van der Waals surface area contributed by atoms with Gasteiger partial charge in [0.1, 0.15) is 0 Å². The average Bonchev–Trinajstić information content (AvgIpc) is 2.31. The fraction of sp³-hybridized carbons (Fsp3) is 0.0769. The van der Waals surface area contributed by atoms with Crippen LogP contribution in [0.4, 0.5) is 0 Å². The van der Waals surface area contributed by atoms with Crippen molar-refractivity contribution in [1.29, 1.82) is 5.26 Å². The van der Waals surface area contributed by atoms with E-state index >= 15 is 0 Å². The largest absolute Gasteiger partial charge is 0.265 e. The Labute approximate surface area is 88.8 Å². The third-order valence-corrected chi connectivity index (χ3v) is 2.36. The van der Waals surface area contributed by atoms with Gasteiger partial charge in [0.2, 0.25) is 0 Å². The lowest BCUT2D eigenvalue weighted by Crippen LogP contribution is -1.85. The standard InChI is InChI=1S/C13H10N2/c1-10-2-3-11(9-14)8-13(10)12-4-6-15-7-5-12/h2-8H,1H3. The summed E-state index contributed by atoms with van der Waals surface area (Å²) in [4.78, 5) is 3.98. The van der Waals surface area contributed by atoms with Crippen LogP contribution in [0.2, 0.25) is 0 Å². The summed E-state index contributed by atoms with van der Waals surface area (Å²) in [5, 5.41) is 8.84. The molecule has 2 heteroatoms. The molecule has 1 aromatic heterocycles. The molecular formula is C13H10N2. The lowest BCUT2D eigenvalue weighted by atomic mass is 9.99. The number of hydrogen-bond acceptors (Lipinski definition) is 2. The van der Waals surface area contributed by atoms with Crippen LogP contribution in [-0.4, -0.2) is 4.98 Å². The van der Waals surface area contributed by atoms with Crippen LogP contribution >= 0.6 is 0 Å². The fourth-order valence-corrected chi connectivity index (χ4v) is 1.53. The molecule has 0 radical (unpaired) electrons. The van der Waals surface area contributed by atoms with Gasteiger partial charge in [0, 0.05) is 12.4 Å². The Bertz CT molecular complexity index is 510. The van der Waals surface area contributed by atoms with Crippen molar-refractivity contribution in [3.63, 3.8) is 0 Å². The smallest absolute Gasteiger partial charge is 0.0991 e. The third-order valence-electron chi connectivity index (χ3n) is 2.36. The highest BCUT2D eigenvalue weighted by Crippen LogP contribution is 2.23. The van der Waals surface area contributed by atoms with Gasteiger partial charge in [0.25, 0.3) is 0 Å². The van der Waals surface area contributed by atoms with Crippen LogP contribution in [0.25, 0.3) is 11.1 Å². The van der Waals surface area contributed by atoms with Crippen molar-refractivity contribution in [2.75, 3.05) is 0 Å². The summed E-state index contributed by atoms with van der Waals surface area (Å²) in [6.07, 6.45) is 3.52. The summed E-state index contributed by atoms with van der Waals surface area (Å²) in [5.74, 6) is 0. The van der Waals surface area contributed by atoms with Gasteiger partial charge in [-0.25, -0.2) is 0 Å². The molecule has 0 N–H and O–H groups in total. The molecule has 1 aromatic carbocycles. The molecule has 2 nitrogen and oxygen atoms in total. The second kappa shape index (κ2) is 3.93. The van der Waals surface area contributed by atoms with Crippen LogP contribution < -0.4 is 0 Å². The van der Waals surface area contributed by atoms with E-state index in [-0.39, 0.29) is 0 Å². The summed E-state index contributed by atoms with van der Waals surface area (Å²) in [6.45, 7) is 2.04. The Kier molecular flexibility index (Phi) is 2.47. The van der Waals surface area contributed by atoms with Gasteiger partial charge in [-0.3, -0.25) is 4.98 Å². The molecule has 0 bridgehead atoms. The number of aromatic nitrogens is 1. The summed E-state index contributed by atoms with van der Waals surface area (Å²) in [5.41, 5.74) is 4.05. The maximum absolute atomic E-state index is 8.84. The normalized spacial score (nSPS) is 9.60. The first-order valence-corrected chi connectivity index (χ1v) is 4.72. The van der Waals surface area contributed by atoms with E-state index in [0.717, 1.165) is 11.1 Å². The van der Waals surface area contributed by atoms with Crippen molar-refractivity contribution < 1.29 is 0 Å². The van der Waals surface area contributed by atoms with Crippen molar-refractivity contribution in [2.45, 2.75) is 6.92 Å². The highest BCUT2D eigenvalue weighted by Gasteiger charge is 2.02. The number of benzene rings is 1. The minimum atomic E-state index is 0.687. The SMILES string of the molecule is Cc1ccc(C#N)cc1-c1ccncc1. The minimum absolute atomic E-state index is 0.687. The molecule has 0 atom stereocenters. The van der Waals surface area contributed by atoms with Crippen molar-refractivity contribution in [3.05, 3.63) is 53.9 Å². The summed E-state index contributed by atoms with van der Waals surface area (Å²) < 4.78 is 0. The Hall–Kier alpha value is -2.14. The monoisotopic (exact) mass is 194 g/mol. The highest BCUT2D eigenvalue weighted by molar-refractivity contribution is 5.68. The lowest BCUT2D eigenvalue weighted by molar-refractivity contribution is 1.32. The molecule has 72 valence electrons. The molecule has 0 unspecified atom stereocenters. The van der Waals surface area contributed by atoms with Crippen LogP contribution in [-0.2, 0) is 0 Å². The van der Waals surface area contributed by atoms with E-state index in [1.54, 1.807) is 12.4 Å². The first kappa shape index (κ1) is 9.42. The van der Waals surface area contributed by atoms with E-state index in [0.29, 0.717) is 5.56 Å². The Morgan fingerprint density at radius 3 is 2.53 bits per heavy atom. The lowest BCUT2D eigenvalue weighted by Gasteiger charge is -2.05. The molecule has 0 saturated heterocycles. The number of nitriles is 1. The molecule has 2 rings (SSSR count). The number of pyridine rings is 1. The second-order valence-corrected chi connectivity index (χ2v) is 3.38. The average molecular weight is 194 g/mol. The molecule has 2 aromatic rings. The van der Waals surface area contributed by atoms with E-state index in [2.05, 4.69) is 11.1 Å². The van der Waals surface area contributed by atoms with Gasteiger partial charge in [-0.05, 0) is 47.9 Å². The molecule has 0 aliphatic carbocycles. The first-order chi connectivity index (χ1) is 7.31. The zero-order chi connectivity index (χ0) is 10.7. The minimum Gasteiger partial charge on any atom is -0.265 e. The molecular weight excluding hydrogens is 184 g/mol. The fourth-order valence-electron chi connectivity index (χ4n) is 1.53. The number of nitrogens with zero attached hydrogens (tertiary/aromatic N) is 2. The molecule has 15 heavy (non-hydrogen) atoms. The summed E-state index contributed by atoms with van der Waals surface area (Å²) in [6, 6.07) is 11.8. The van der Waals surface area contributed by atoms with Crippen molar-refractivity contribution >= 4 is 0 Å².